The lowest BCUT2D eigenvalue weighted by atomic mass is 9.99. The Hall–Kier alpha value is -1.59. The van der Waals surface area contributed by atoms with E-state index in [4.69, 9.17) is 14.2 Å². The number of carbonyl (C=O) groups is 3. The summed E-state index contributed by atoms with van der Waals surface area (Å²) in [7, 11) is 0. The molecule has 0 aromatic heterocycles. The summed E-state index contributed by atoms with van der Waals surface area (Å²) in [5.41, 5.74) is 0. The van der Waals surface area contributed by atoms with E-state index in [-0.39, 0.29) is 31.1 Å². The number of hydrogen-bond acceptors (Lipinski definition) is 6. The van der Waals surface area contributed by atoms with Crippen LogP contribution in [0.15, 0.2) is 0 Å². The van der Waals surface area contributed by atoms with Crippen molar-refractivity contribution >= 4 is 17.9 Å². The van der Waals surface area contributed by atoms with E-state index < -0.39 is 6.10 Å². The van der Waals surface area contributed by atoms with Crippen LogP contribution in [0.1, 0.15) is 356 Å². The van der Waals surface area contributed by atoms with Crippen LogP contribution in [0.5, 0.6) is 0 Å². The van der Waals surface area contributed by atoms with Crippen LogP contribution in [0.2, 0.25) is 0 Å². The van der Waals surface area contributed by atoms with Crippen LogP contribution >= 0.6 is 0 Å². The fraction of sp³-hybridized carbons (Fsp3) is 0.953. The summed E-state index contributed by atoms with van der Waals surface area (Å²) in [5, 5.41) is 0. The molecular formula is C64H124O6. The third-order valence-electron chi connectivity index (χ3n) is 15.0. The molecule has 0 rings (SSSR count). The molecule has 6 heteroatoms. The first kappa shape index (κ1) is 68.4. The van der Waals surface area contributed by atoms with E-state index in [9.17, 15) is 14.4 Å². The summed E-state index contributed by atoms with van der Waals surface area (Å²) in [6, 6.07) is 0. The van der Waals surface area contributed by atoms with Gasteiger partial charge in [0.15, 0.2) is 6.10 Å². The summed E-state index contributed by atoms with van der Waals surface area (Å²) < 4.78 is 17.0. The molecule has 2 atom stereocenters. The minimum absolute atomic E-state index is 0.0628. The molecule has 0 aromatic carbocycles. The van der Waals surface area contributed by atoms with E-state index in [0.717, 1.165) is 75.5 Å². The van der Waals surface area contributed by atoms with Gasteiger partial charge in [0.25, 0.3) is 0 Å². The van der Waals surface area contributed by atoms with Crippen molar-refractivity contribution in [2.75, 3.05) is 13.2 Å². The minimum atomic E-state index is -0.764. The summed E-state index contributed by atoms with van der Waals surface area (Å²) in [4.78, 5) is 38.3. The zero-order valence-corrected chi connectivity index (χ0v) is 48.3. The molecular weight excluding hydrogens is 865 g/mol. The first-order valence-electron chi connectivity index (χ1n) is 31.6. The van der Waals surface area contributed by atoms with Crippen molar-refractivity contribution < 1.29 is 28.6 Å². The standard InChI is InChI=1S/C64H124O6/c1-7-60(6)52-46-40-34-28-24-25-30-36-42-48-54-63(66)69-57-61(70-64(67)55-49-43-37-31-23-19-15-11-9-13-17-21-27-33-39-45-51-59(4)5)56-68-62(65)53-47-41-35-29-22-18-14-10-8-12-16-20-26-32-38-44-50-58(2)3/h58-61H,7-57H2,1-6H3/t60?,61-/m1/s1. The first-order valence-corrected chi connectivity index (χ1v) is 31.6. The fourth-order valence-electron chi connectivity index (χ4n) is 9.85. The van der Waals surface area contributed by atoms with E-state index in [1.807, 2.05) is 0 Å². The van der Waals surface area contributed by atoms with Crippen LogP contribution in [-0.4, -0.2) is 37.2 Å². The Morgan fingerprint density at radius 1 is 0.286 bits per heavy atom. The molecule has 0 aliphatic carbocycles. The van der Waals surface area contributed by atoms with E-state index in [2.05, 4.69) is 41.5 Å². The smallest absolute Gasteiger partial charge is 0.306 e. The maximum Gasteiger partial charge on any atom is 0.306 e. The number of ether oxygens (including phenoxy) is 3. The molecule has 0 bridgehead atoms. The lowest BCUT2D eigenvalue weighted by Gasteiger charge is -2.18. The molecule has 6 nitrogen and oxygen atoms in total. The van der Waals surface area contributed by atoms with Crippen LogP contribution in [0.3, 0.4) is 0 Å². The third kappa shape index (κ3) is 55.7. The molecule has 0 spiro atoms. The lowest BCUT2D eigenvalue weighted by molar-refractivity contribution is -0.167. The Bertz CT molecular complexity index is 1090. The topological polar surface area (TPSA) is 78.9 Å². The molecule has 0 N–H and O–H groups in total. The normalized spacial score (nSPS) is 12.5. The second kappa shape index (κ2) is 55.2. The fourth-order valence-corrected chi connectivity index (χ4v) is 9.85. The van der Waals surface area contributed by atoms with Crippen molar-refractivity contribution in [3.05, 3.63) is 0 Å². The van der Waals surface area contributed by atoms with E-state index >= 15 is 0 Å². The Morgan fingerprint density at radius 3 is 0.743 bits per heavy atom. The number of hydrogen-bond donors (Lipinski definition) is 0. The summed E-state index contributed by atoms with van der Waals surface area (Å²) >= 11 is 0. The predicted molar refractivity (Wildman–Crippen MR) is 303 cm³/mol. The third-order valence-corrected chi connectivity index (χ3v) is 15.0. The predicted octanol–water partition coefficient (Wildman–Crippen LogP) is 21.1. The Balaban J connectivity index is 4.28. The van der Waals surface area contributed by atoms with Crippen molar-refractivity contribution in [1.29, 1.82) is 0 Å². The van der Waals surface area contributed by atoms with Gasteiger partial charge in [-0.3, -0.25) is 14.4 Å². The van der Waals surface area contributed by atoms with Crippen molar-refractivity contribution in [2.45, 2.75) is 362 Å². The lowest BCUT2D eigenvalue weighted by Crippen LogP contribution is -2.30. The average molecular weight is 990 g/mol. The molecule has 70 heavy (non-hydrogen) atoms. The van der Waals surface area contributed by atoms with Crippen LogP contribution in [-0.2, 0) is 28.6 Å². The highest BCUT2D eigenvalue weighted by Gasteiger charge is 2.19. The molecule has 0 amide bonds. The molecule has 0 aliphatic heterocycles. The van der Waals surface area contributed by atoms with Crippen molar-refractivity contribution in [3.8, 4) is 0 Å². The van der Waals surface area contributed by atoms with Crippen LogP contribution in [0, 0.1) is 17.8 Å². The van der Waals surface area contributed by atoms with Crippen LogP contribution in [0.25, 0.3) is 0 Å². The van der Waals surface area contributed by atoms with Crippen molar-refractivity contribution in [3.63, 3.8) is 0 Å². The van der Waals surface area contributed by atoms with Crippen LogP contribution < -0.4 is 0 Å². The van der Waals surface area contributed by atoms with Gasteiger partial charge in [-0.2, -0.15) is 0 Å². The number of carbonyl (C=O) groups excluding carboxylic acids is 3. The molecule has 0 aliphatic rings. The largest absolute Gasteiger partial charge is 0.462 e. The Labute approximate surface area is 438 Å². The van der Waals surface area contributed by atoms with Gasteiger partial charge in [-0.1, -0.05) is 318 Å². The monoisotopic (exact) mass is 989 g/mol. The van der Waals surface area contributed by atoms with E-state index in [1.54, 1.807) is 0 Å². The summed E-state index contributed by atoms with van der Waals surface area (Å²) in [6.45, 7) is 13.8. The minimum Gasteiger partial charge on any atom is -0.462 e. The van der Waals surface area contributed by atoms with Gasteiger partial charge in [0.1, 0.15) is 13.2 Å². The molecule has 416 valence electrons. The molecule has 1 unspecified atom stereocenters. The van der Waals surface area contributed by atoms with Crippen molar-refractivity contribution in [2.24, 2.45) is 17.8 Å². The Morgan fingerprint density at radius 2 is 0.500 bits per heavy atom. The SMILES string of the molecule is CCC(C)CCCCCCCCCCCCC(=O)OC[C@@H](COC(=O)CCCCCCCCCCCCCCCCCCC(C)C)OC(=O)CCCCCCCCCCCCCCCCCCC(C)C. The molecule has 0 fully saturated rings. The maximum absolute atomic E-state index is 12.9. The highest BCUT2D eigenvalue weighted by Crippen LogP contribution is 2.19. The van der Waals surface area contributed by atoms with E-state index in [1.165, 1.54) is 238 Å². The highest BCUT2D eigenvalue weighted by molar-refractivity contribution is 5.71. The molecule has 0 radical (unpaired) electrons. The zero-order valence-electron chi connectivity index (χ0n) is 48.3. The Kier molecular flexibility index (Phi) is 53.9. The van der Waals surface area contributed by atoms with Gasteiger partial charge >= 0.3 is 17.9 Å². The van der Waals surface area contributed by atoms with Gasteiger partial charge in [-0.15, -0.1) is 0 Å². The number of esters is 3. The van der Waals surface area contributed by atoms with Gasteiger partial charge in [0.05, 0.1) is 0 Å². The molecule has 0 saturated heterocycles. The van der Waals surface area contributed by atoms with Crippen molar-refractivity contribution in [1.82, 2.24) is 0 Å². The summed E-state index contributed by atoms with van der Waals surface area (Å²) in [6.07, 6.45) is 59.5. The molecule has 0 heterocycles. The highest BCUT2D eigenvalue weighted by atomic mass is 16.6. The van der Waals surface area contributed by atoms with Gasteiger partial charge in [-0.25, -0.2) is 0 Å². The number of unbranched alkanes of at least 4 members (excludes halogenated alkanes) is 39. The van der Waals surface area contributed by atoms with Crippen LogP contribution in [0.4, 0.5) is 0 Å². The first-order chi connectivity index (χ1) is 34.1. The van der Waals surface area contributed by atoms with Gasteiger partial charge in [0.2, 0.25) is 0 Å². The number of rotatable bonds is 57. The van der Waals surface area contributed by atoms with Gasteiger partial charge < -0.3 is 14.2 Å². The van der Waals surface area contributed by atoms with Gasteiger partial charge in [-0.05, 0) is 37.0 Å². The van der Waals surface area contributed by atoms with Gasteiger partial charge in [0, 0.05) is 19.3 Å². The second-order valence-corrected chi connectivity index (χ2v) is 23.2. The maximum atomic E-state index is 12.9. The zero-order chi connectivity index (χ0) is 51.2. The average Bonchev–Trinajstić information content (AvgIpc) is 3.33. The molecule has 0 aromatic rings. The summed E-state index contributed by atoms with van der Waals surface area (Å²) in [5.74, 6) is 1.74. The quantitative estimate of drug-likeness (QED) is 0.0343. The molecule has 0 saturated carbocycles. The van der Waals surface area contributed by atoms with E-state index in [0.29, 0.717) is 19.3 Å². The second-order valence-electron chi connectivity index (χ2n) is 23.2.